The zero-order valence-electron chi connectivity index (χ0n) is 21.6. The summed E-state index contributed by atoms with van der Waals surface area (Å²) in [6, 6.07) is 6.52. The molecule has 1 aliphatic carbocycles. The van der Waals surface area contributed by atoms with Crippen LogP contribution in [0.1, 0.15) is 71.8 Å². The van der Waals surface area contributed by atoms with E-state index in [1.54, 1.807) is 6.33 Å². The minimum absolute atomic E-state index is 0.156. The van der Waals surface area contributed by atoms with E-state index in [1.165, 1.54) is 32.1 Å². The van der Waals surface area contributed by atoms with Crippen molar-refractivity contribution in [2.75, 3.05) is 11.4 Å². The Morgan fingerprint density at radius 3 is 2.54 bits per heavy atom. The molecule has 0 saturated heterocycles. The van der Waals surface area contributed by atoms with Crippen molar-refractivity contribution in [3.05, 3.63) is 69.0 Å². The number of hydrogen-bond acceptors (Lipinski definition) is 4. The largest absolute Gasteiger partial charge is 0.369 e. The van der Waals surface area contributed by atoms with E-state index in [-0.39, 0.29) is 18.0 Å². The fourth-order valence-electron chi connectivity index (χ4n) is 5.33. The first kappa shape index (κ1) is 24.8. The minimum Gasteiger partial charge on any atom is -0.369 e. The Morgan fingerprint density at radius 2 is 1.91 bits per heavy atom. The average Bonchev–Trinajstić information content (AvgIpc) is 3.26. The molecule has 1 fully saturated rings. The monoisotopic (exact) mass is 475 g/mol. The molecule has 7 nitrogen and oxygen atoms in total. The molecule has 2 heterocycles. The summed E-state index contributed by atoms with van der Waals surface area (Å²) in [4.78, 5) is 35.8. The summed E-state index contributed by atoms with van der Waals surface area (Å²) in [5.74, 6) is -0.180. The highest BCUT2D eigenvalue weighted by molar-refractivity contribution is 5.98. The Balaban J connectivity index is 1.71. The van der Waals surface area contributed by atoms with E-state index in [0.717, 1.165) is 40.3 Å². The highest BCUT2D eigenvalue weighted by Crippen LogP contribution is 2.34. The van der Waals surface area contributed by atoms with Gasteiger partial charge in [0.05, 0.1) is 12.0 Å². The van der Waals surface area contributed by atoms with Gasteiger partial charge in [0.2, 0.25) is 0 Å². The van der Waals surface area contributed by atoms with Crippen LogP contribution in [0.4, 0.5) is 5.69 Å². The van der Waals surface area contributed by atoms with Crippen molar-refractivity contribution in [3.63, 3.8) is 0 Å². The van der Waals surface area contributed by atoms with Crippen LogP contribution < -0.4 is 15.8 Å². The van der Waals surface area contributed by atoms with Crippen LogP contribution in [0.15, 0.2) is 35.5 Å². The molecule has 186 valence electrons. The van der Waals surface area contributed by atoms with Crippen LogP contribution in [0, 0.1) is 20.8 Å². The molecule has 4 rings (SSSR count). The van der Waals surface area contributed by atoms with Gasteiger partial charge in [0.15, 0.2) is 0 Å². The van der Waals surface area contributed by atoms with Gasteiger partial charge in [0.25, 0.3) is 11.5 Å². The van der Waals surface area contributed by atoms with Crippen molar-refractivity contribution in [2.45, 2.75) is 72.4 Å². The standard InChI is InChI=1S/C28H37N5O2/c1-6-33(22-10-8-7-9-11-22)26-14-21(25-16-32(5)17-30-25)13-23(20(26)4)27(34)29-15-24-18(2)12-19(3)31-28(24)35/h12-14,16-17,22H,6-11,15H2,1-5H3,(H,29,34)(H,31,35). The molecular weight excluding hydrogens is 438 g/mol. The Kier molecular flexibility index (Phi) is 7.43. The third-order valence-electron chi connectivity index (χ3n) is 7.21. The first-order valence-corrected chi connectivity index (χ1v) is 12.7. The molecule has 0 atom stereocenters. The summed E-state index contributed by atoms with van der Waals surface area (Å²) in [6.45, 7) is 9.04. The lowest BCUT2D eigenvalue weighted by atomic mass is 9.92. The van der Waals surface area contributed by atoms with Gasteiger partial charge in [-0.25, -0.2) is 4.98 Å². The molecule has 7 heteroatoms. The lowest BCUT2D eigenvalue weighted by molar-refractivity contribution is 0.0950. The van der Waals surface area contributed by atoms with E-state index in [1.807, 2.05) is 50.7 Å². The Bertz CT molecular complexity index is 1270. The highest BCUT2D eigenvalue weighted by atomic mass is 16.1. The molecule has 3 aromatic rings. The number of nitrogens with zero attached hydrogens (tertiary/aromatic N) is 3. The number of carbonyl (C=O) groups is 1. The number of amides is 1. The average molecular weight is 476 g/mol. The molecule has 1 aliphatic rings. The van der Waals surface area contributed by atoms with E-state index in [2.05, 4.69) is 33.2 Å². The Hall–Kier alpha value is -3.35. The van der Waals surface area contributed by atoms with E-state index < -0.39 is 0 Å². The van der Waals surface area contributed by atoms with Gasteiger partial charge in [-0.15, -0.1) is 0 Å². The topological polar surface area (TPSA) is 83.0 Å². The van der Waals surface area contributed by atoms with Gasteiger partial charge >= 0.3 is 0 Å². The smallest absolute Gasteiger partial charge is 0.253 e. The van der Waals surface area contributed by atoms with Gasteiger partial charge < -0.3 is 19.8 Å². The summed E-state index contributed by atoms with van der Waals surface area (Å²) < 4.78 is 1.92. The van der Waals surface area contributed by atoms with Crippen molar-refractivity contribution >= 4 is 11.6 Å². The van der Waals surface area contributed by atoms with Crippen LogP contribution in [0.25, 0.3) is 11.3 Å². The van der Waals surface area contributed by atoms with Crippen molar-refractivity contribution in [3.8, 4) is 11.3 Å². The maximum atomic E-state index is 13.5. The first-order valence-electron chi connectivity index (χ1n) is 12.7. The van der Waals surface area contributed by atoms with Crippen molar-refractivity contribution in [1.29, 1.82) is 0 Å². The molecular formula is C28H37N5O2. The molecule has 0 spiro atoms. The van der Waals surface area contributed by atoms with Crippen LogP contribution in [-0.2, 0) is 13.6 Å². The molecule has 0 radical (unpaired) electrons. The van der Waals surface area contributed by atoms with E-state index in [9.17, 15) is 9.59 Å². The number of aryl methyl sites for hydroxylation is 3. The van der Waals surface area contributed by atoms with Crippen LogP contribution >= 0.6 is 0 Å². The minimum atomic E-state index is -0.180. The van der Waals surface area contributed by atoms with Crippen LogP contribution in [0.5, 0.6) is 0 Å². The molecule has 1 amide bonds. The first-order chi connectivity index (χ1) is 16.8. The summed E-state index contributed by atoms with van der Waals surface area (Å²) >= 11 is 0. The van der Waals surface area contributed by atoms with Gasteiger partial charge in [0.1, 0.15) is 0 Å². The molecule has 35 heavy (non-hydrogen) atoms. The van der Waals surface area contributed by atoms with Gasteiger partial charge in [-0.2, -0.15) is 0 Å². The van der Waals surface area contributed by atoms with Crippen molar-refractivity contribution in [1.82, 2.24) is 19.9 Å². The third kappa shape index (κ3) is 5.34. The number of pyridine rings is 1. The van der Waals surface area contributed by atoms with E-state index >= 15 is 0 Å². The Labute approximate surface area is 207 Å². The van der Waals surface area contributed by atoms with Gasteiger partial charge in [-0.3, -0.25) is 9.59 Å². The van der Waals surface area contributed by atoms with Crippen LogP contribution in [0.3, 0.4) is 0 Å². The lowest BCUT2D eigenvalue weighted by Gasteiger charge is -2.37. The molecule has 0 unspecified atom stereocenters. The quantitative estimate of drug-likeness (QED) is 0.515. The normalized spacial score (nSPS) is 14.2. The fourth-order valence-corrected chi connectivity index (χ4v) is 5.33. The molecule has 0 aliphatic heterocycles. The number of benzene rings is 1. The molecule has 2 N–H and O–H groups in total. The number of H-pyrrole nitrogens is 1. The predicted molar refractivity (Wildman–Crippen MR) is 141 cm³/mol. The number of imidazole rings is 1. The number of aromatic amines is 1. The summed E-state index contributed by atoms with van der Waals surface area (Å²) in [7, 11) is 1.95. The van der Waals surface area contributed by atoms with Gasteiger partial charge in [0, 0.05) is 60.4 Å². The SMILES string of the molecule is CCN(c1cc(-c2cn(C)cn2)cc(C(=O)NCc2c(C)cc(C)[nH]c2=O)c1C)C1CCCCC1. The molecule has 1 saturated carbocycles. The zero-order chi connectivity index (χ0) is 25.1. The number of aromatic nitrogens is 3. The second-order valence-electron chi connectivity index (χ2n) is 9.80. The maximum absolute atomic E-state index is 13.5. The number of nitrogens with one attached hydrogen (secondary N) is 2. The second-order valence-corrected chi connectivity index (χ2v) is 9.80. The van der Waals surface area contributed by atoms with E-state index in [4.69, 9.17) is 0 Å². The Morgan fingerprint density at radius 1 is 1.17 bits per heavy atom. The van der Waals surface area contributed by atoms with E-state index in [0.29, 0.717) is 17.2 Å². The third-order valence-corrected chi connectivity index (χ3v) is 7.21. The van der Waals surface area contributed by atoms with Crippen molar-refractivity contribution in [2.24, 2.45) is 7.05 Å². The predicted octanol–water partition coefficient (Wildman–Crippen LogP) is 4.79. The number of carbonyl (C=O) groups excluding carboxylic acids is 1. The number of anilines is 1. The molecule has 0 bridgehead atoms. The summed E-state index contributed by atoms with van der Waals surface area (Å²) in [5, 5.41) is 3.00. The van der Waals surface area contributed by atoms with Crippen LogP contribution in [-0.4, -0.2) is 33.0 Å². The number of rotatable bonds is 7. The van der Waals surface area contributed by atoms with Gasteiger partial charge in [-0.1, -0.05) is 19.3 Å². The molecule has 1 aromatic carbocycles. The second kappa shape index (κ2) is 10.5. The number of hydrogen-bond donors (Lipinski definition) is 2. The van der Waals surface area contributed by atoms with Gasteiger partial charge in [-0.05, 0) is 69.9 Å². The molecule has 2 aromatic heterocycles. The summed E-state index contributed by atoms with van der Waals surface area (Å²) in [6.07, 6.45) is 9.90. The fraction of sp³-hybridized carbons (Fsp3) is 0.464. The van der Waals surface area contributed by atoms with Crippen molar-refractivity contribution < 1.29 is 4.79 Å². The highest BCUT2D eigenvalue weighted by Gasteiger charge is 2.25. The lowest BCUT2D eigenvalue weighted by Crippen LogP contribution is -2.37. The summed E-state index contributed by atoms with van der Waals surface area (Å²) in [5.41, 5.74) is 6.56. The maximum Gasteiger partial charge on any atom is 0.253 e. The van der Waals surface area contributed by atoms with Crippen LogP contribution in [0.2, 0.25) is 0 Å². The zero-order valence-corrected chi connectivity index (χ0v) is 21.6.